The first kappa shape index (κ1) is 22.6. The summed E-state index contributed by atoms with van der Waals surface area (Å²) in [4.78, 5) is 20.0. The van der Waals surface area contributed by atoms with Gasteiger partial charge in [0, 0.05) is 30.4 Å². The third-order valence-corrected chi connectivity index (χ3v) is 7.04. The van der Waals surface area contributed by atoms with Crippen LogP contribution in [0.1, 0.15) is 30.5 Å². The highest BCUT2D eigenvalue weighted by atomic mass is 32.2. The van der Waals surface area contributed by atoms with Crippen molar-refractivity contribution in [2.24, 2.45) is 4.99 Å². The number of ether oxygens (including phenoxy) is 1. The number of aryl methyl sites for hydroxylation is 2. The van der Waals surface area contributed by atoms with Crippen LogP contribution in [0.15, 0.2) is 64.6 Å². The van der Waals surface area contributed by atoms with Gasteiger partial charge in [-0.05, 0) is 69.3 Å². The Kier molecular flexibility index (Phi) is 6.15. The van der Waals surface area contributed by atoms with Crippen LogP contribution in [0.5, 0.6) is 0 Å². The summed E-state index contributed by atoms with van der Waals surface area (Å²) in [7, 11) is 0. The Labute approximate surface area is 204 Å². The third kappa shape index (κ3) is 4.58. The van der Waals surface area contributed by atoms with Crippen LogP contribution in [0, 0.1) is 13.8 Å². The number of amides is 1. The van der Waals surface area contributed by atoms with E-state index in [2.05, 4.69) is 55.8 Å². The molecule has 0 spiro atoms. The second-order valence-corrected chi connectivity index (χ2v) is 10.0. The zero-order valence-corrected chi connectivity index (χ0v) is 20.7. The number of thioether (sulfide) groups is 1. The lowest BCUT2D eigenvalue weighted by Gasteiger charge is -2.35. The summed E-state index contributed by atoms with van der Waals surface area (Å²) in [5.74, 6) is -0.203. The number of rotatable bonds is 3. The average molecular weight is 473 g/mol. The van der Waals surface area contributed by atoms with Gasteiger partial charge in [0.15, 0.2) is 5.17 Å². The van der Waals surface area contributed by atoms with Gasteiger partial charge in [0.1, 0.15) is 5.69 Å². The van der Waals surface area contributed by atoms with Gasteiger partial charge < -0.3 is 9.64 Å². The van der Waals surface area contributed by atoms with Crippen LogP contribution in [0.25, 0.3) is 23.0 Å². The SMILES string of the molecule is Cc1ccc(C)c(-c2nn(-c3ccccc3)cc2/C=C2\SC(N3C[C@@H](C)O[C@@H](C)C3)=NC2=O)c1. The molecule has 2 atom stereocenters. The number of carbonyl (C=O) groups excluding carboxylic acids is 1. The van der Waals surface area contributed by atoms with Crippen molar-refractivity contribution in [2.75, 3.05) is 13.1 Å². The molecule has 5 rings (SSSR count). The van der Waals surface area contributed by atoms with Crippen molar-refractivity contribution in [3.05, 3.63) is 76.3 Å². The lowest BCUT2D eigenvalue weighted by Crippen LogP contribution is -2.47. The molecule has 0 aliphatic carbocycles. The number of hydrogen-bond donors (Lipinski definition) is 0. The Morgan fingerprint density at radius 1 is 1.06 bits per heavy atom. The number of aromatic nitrogens is 2. The van der Waals surface area contributed by atoms with Gasteiger partial charge in [-0.15, -0.1) is 0 Å². The van der Waals surface area contributed by atoms with Crippen LogP contribution < -0.4 is 0 Å². The van der Waals surface area contributed by atoms with Gasteiger partial charge in [0.05, 0.1) is 22.8 Å². The minimum atomic E-state index is -0.203. The molecule has 2 aromatic carbocycles. The van der Waals surface area contributed by atoms with E-state index < -0.39 is 0 Å². The van der Waals surface area contributed by atoms with Crippen LogP contribution in [0.4, 0.5) is 0 Å². The summed E-state index contributed by atoms with van der Waals surface area (Å²) in [5.41, 5.74) is 6.09. The monoisotopic (exact) mass is 472 g/mol. The zero-order valence-electron chi connectivity index (χ0n) is 19.9. The predicted molar refractivity (Wildman–Crippen MR) is 138 cm³/mol. The molecule has 2 aliphatic rings. The largest absolute Gasteiger partial charge is 0.372 e. The Balaban J connectivity index is 1.52. The third-order valence-electron chi connectivity index (χ3n) is 6.00. The van der Waals surface area contributed by atoms with E-state index in [4.69, 9.17) is 9.84 Å². The maximum Gasteiger partial charge on any atom is 0.286 e. The molecule has 1 fully saturated rings. The number of benzene rings is 2. The van der Waals surface area contributed by atoms with Gasteiger partial charge in [-0.2, -0.15) is 10.1 Å². The summed E-state index contributed by atoms with van der Waals surface area (Å²) in [6.07, 6.45) is 4.13. The molecule has 0 N–H and O–H groups in total. The van der Waals surface area contributed by atoms with Gasteiger partial charge in [0.2, 0.25) is 0 Å². The summed E-state index contributed by atoms with van der Waals surface area (Å²) in [5, 5.41) is 5.69. The van der Waals surface area contributed by atoms with Crippen molar-refractivity contribution in [1.29, 1.82) is 0 Å². The molecular formula is C27H28N4O2S. The lowest BCUT2D eigenvalue weighted by atomic mass is 10.0. The highest BCUT2D eigenvalue weighted by molar-refractivity contribution is 8.18. The summed E-state index contributed by atoms with van der Waals surface area (Å²) < 4.78 is 7.71. The minimum Gasteiger partial charge on any atom is -0.372 e. The Morgan fingerprint density at radius 2 is 1.79 bits per heavy atom. The van der Waals surface area contributed by atoms with Crippen molar-refractivity contribution in [1.82, 2.24) is 14.7 Å². The van der Waals surface area contributed by atoms with Crippen molar-refractivity contribution in [2.45, 2.75) is 39.9 Å². The van der Waals surface area contributed by atoms with Crippen molar-refractivity contribution in [3.63, 3.8) is 0 Å². The van der Waals surface area contributed by atoms with Gasteiger partial charge in [0.25, 0.3) is 5.91 Å². The number of amidine groups is 1. The van der Waals surface area contributed by atoms with E-state index in [0.29, 0.717) is 4.91 Å². The fraction of sp³-hybridized carbons (Fsp3) is 0.296. The molecule has 0 bridgehead atoms. The Hall–Kier alpha value is -3.16. The van der Waals surface area contributed by atoms with Crippen LogP contribution in [-0.4, -0.2) is 51.1 Å². The van der Waals surface area contributed by atoms with Crippen LogP contribution in [-0.2, 0) is 9.53 Å². The number of nitrogens with zero attached hydrogens (tertiary/aromatic N) is 4. The molecule has 3 heterocycles. The standard InChI is InChI=1S/C27H28N4O2S/c1-17-10-11-18(2)23(12-17)25-21(16-31(29-25)22-8-6-5-7-9-22)13-24-26(32)28-27(34-24)30-14-19(3)33-20(4)15-30/h5-13,16,19-20H,14-15H2,1-4H3/b24-13-/t19-,20+. The van der Waals surface area contributed by atoms with Gasteiger partial charge in [-0.25, -0.2) is 4.68 Å². The molecule has 7 heteroatoms. The summed E-state index contributed by atoms with van der Waals surface area (Å²) in [6.45, 7) is 9.74. The molecule has 0 saturated carbocycles. The summed E-state index contributed by atoms with van der Waals surface area (Å²) in [6, 6.07) is 16.4. The number of hydrogen-bond acceptors (Lipinski definition) is 5. The maximum atomic E-state index is 12.9. The van der Waals surface area contributed by atoms with E-state index in [1.54, 1.807) is 0 Å². The van der Waals surface area contributed by atoms with Gasteiger partial charge in [-0.1, -0.05) is 35.9 Å². The second kappa shape index (κ2) is 9.24. The molecule has 1 aromatic heterocycles. The number of aliphatic imine (C=N–C) groups is 1. The topological polar surface area (TPSA) is 59.7 Å². The maximum absolute atomic E-state index is 12.9. The first-order valence-corrected chi connectivity index (χ1v) is 12.3. The number of para-hydroxylation sites is 1. The van der Waals surface area contributed by atoms with Crippen molar-refractivity contribution >= 4 is 28.9 Å². The van der Waals surface area contributed by atoms with Crippen LogP contribution in [0.3, 0.4) is 0 Å². The molecule has 34 heavy (non-hydrogen) atoms. The van der Waals surface area contributed by atoms with E-state index in [-0.39, 0.29) is 18.1 Å². The Bertz CT molecular complexity index is 1290. The molecule has 1 amide bonds. The smallest absolute Gasteiger partial charge is 0.286 e. The quantitative estimate of drug-likeness (QED) is 0.488. The highest BCUT2D eigenvalue weighted by Crippen LogP contribution is 2.35. The normalized spacial score (nSPS) is 21.9. The molecule has 3 aromatic rings. The molecule has 2 aliphatic heterocycles. The Morgan fingerprint density at radius 3 is 2.53 bits per heavy atom. The fourth-order valence-corrected chi connectivity index (χ4v) is 5.34. The molecule has 174 valence electrons. The lowest BCUT2D eigenvalue weighted by molar-refractivity contribution is -0.113. The second-order valence-electron chi connectivity index (χ2n) is 9.00. The number of carbonyl (C=O) groups is 1. The van der Waals surface area contributed by atoms with Gasteiger partial charge >= 0.3 is 0 Å². The molecule has 0 unspecified atom stereocenters. The van der Waals surface area contributed by atoms with Crippen LogP contribution >= 0.6 is 11.8 Å². The van der Waals surface area contributed by atoms with E-state index in [0.717, 1.165) is 46.3 Å². The highest BCUT2D eigenvalue weighted by Gasteiger charge is 2.31. The van der Waals surface area contributed by atoms with Crippen molar-refractivity contribution in [3.8, 4) is 16.9 Å². The molecule has 1 saturated heterocycles. The van der Waals surface area contributed by atoms with E-state index >= 15 is 0 Å². The molecular weight excluding hydrogens is 444 g/mol. The van der Waals surface area contributed by atoms with E-state index in [1.807, 2.05) is 47.3 Å². The average Bonchev–Trinajstić information content (AvgIpc) is 3.39. The van der Waals surface area contributed by atoms with E-state index in [1.165, 1.54) is 17.3 Å². The first-order chi connectivity index (χ1) is 16.4. The molecule has 0 radical (unpaired) electrons. The van der Waals surface area contributed by atoms with E-state index in [9.17, 15) is 4.79 Å². The summed E-state index contributed by atoms with van der Waals surface area (Å²) >= 11 is 1.44. The van der Waals surface area contributed by atoms with Gasteiger partial charge in [-0.3, -0.25) is 4.79 Å². The first-order valence-electron chi connectivity index (χ1n) is 11.5. The predicted octanol–water partition coefficient (Wildman–Crippen LogP) is 5.24. The van der Waals surface area contributed by atoms with Crippen molar-refractivity contribution < 1.29 is 9.53 Å². The minimum absolute atomic E-state index is 0.107. The fourth-order valence-electron chi connectivity index (χ4n) is 4.41. The van der Waals surface area contributed by atoms with Crippen LogP contribution in [0.2, 0.25) is 0 Å². The number of morpholine rings is 1. The molecule has 6 nitrogen and oxygen atoms in total. The zero-order chi connectivity index (χ0) is 23.8.